The van der Waals surface area contributed by atoms with Gasteiger partial charge in [-0.05, 0) is 34.6 Å². The highest BCUT2D eigenvalue weighted by molar-refractivity contribution is 7.03. The van der Waals surface area contributed by atoms with Gasteiger partial charge >= 0.3 is 0 Å². The first-order valence-corrected chi connectivity index (χ1v) is 5.24. The van der Waals surface area contributed by atoms with E-state index in [0.717, 1.165) is 0 Å². The number of hydrogen-bond acceptors (Lipinski definition) is 2. The topological polar surface area (TPSA) is 28.7 Å². The Balaban J connectivity index is 2.23. The number of benzene rings is 1. The standard InChI is InChI=1S/C11H8N2S/c1-2-9(10-6-13-14-7-10)5-11-8(1)3-4-12-11/h1-7,12H. The molecule has 0 fully saturated rings. The molecule has 0 unspecified atom stereocenters. The maximum absolute atomic E-state index is 4.10. The minimum Gasteiger partial charge on any atom is -0.361 e. The molecule has 2 aromatic heterocycles. The summed E-state index contributed by atoms with van der Waals surface area (Å²) >= 11 is 1.48. The van der Waals surface area contributed by atoms with E-state index in [-0.39, 0.29) is 0 Å². The second-order valence-electron chi connectivity index (χ2n) is 3.19. The van der Waals surface area contributed by atoms with E-state index in [0.29, 0.717) is 0 Å². The third-order valence-corrected chi connectivity index (χ3v) is 2.91. The molecule has 0 aliphatic heterocycles. The van der Waals surface area contributed by atoms with E-state index in [9.17, 15) is 0 Å². The van der Waals surface area contributed by atoms with Gasteiger partial charge in [-0.3, -0.25) is 0 Å². The number of aromatic amines is 1. The Morgan fingerprint density at radius 1 is 1.14 bits per heavy atom. The number of aromatic nitrogens is 2. The molecule has 68 valence electrons. The lowest BCUT2D eigenvalue weighted by atomic mass is 10.1. The summed E-state index contributed by atoms with van der Waals surface area (Å²) in [5, 5.41) is 3.31. The Bertz CT molecular complexity index is 551. The third-order valence-electron chi connectivity index (χ3n) is 2.32. The number of rotatable bonds is 1. The van der Waals surface area contributed by atoms with Gasteiger partial charge in [-0.15, -0.1) is 0 Å². The highest BCUT2D eigenvalue weighted by Crippen LogP contribution is 2.24. The van der Waals surface area contributed by atoms with Gasteiger partial charge in [0.1, 0.15) is 0 Å². The smallest absolute Gasteiger partial charge is 0.0485 e. The molecule has 1 N–H and O–H groups in total. The van der Waals surface area contributed by atoms with E-state index < -0.39 is 0 Å². The fourth-order valence-corrected chi connectivity index (χ4v) is 2.12. The Kier molecular flexibility index (Phi) is 1.64. The zero-order valence-corrected chi connectivity index (χ0v) is 8.21. The molecule has 0 atom stereocenters. The van der Waals surface area contributed by atoms with Crippen molar-refractivity contribution in [2.24, 2.45) is 0 Å². The SMILES string of the molecule is c1cc2ccc(-c3cnsc3)cc2[nH]1. The van der Waals surface area contributed by atoms with Crippen molar-refractivity contribution in [3.8, 4) is 11.1 Å². The van der Waals surface area contributed by atoms with Gasteiger partial charge in [0.15, 0.2) is 0 Å². The van der Waals surface area contributed by atoms with Crippen molar-refractivity contribution in [1.29, 1.82) is 0 Å². The van der Waals surface area contributed by atoms with Gasteiger partial charge in [-0.25, -0.2) is 4.37 Å². The van der Waals surface area contributed by atoms with Crippen molar-refractivity contribution in [3.63, 3.8) is 0 Å². The van der Waals surface area contributed by atoms with Gasteiger partial charge in [-0.2, -0.15) is 0 Å². The van der Waals surface area contributed by atoms with Crippen LogP contribution in [-0.4, -0.2) is 9.36 Å². The Morgan fingerprint density at radius 3 is 3.00 bits per heavy atom. The van der Waals surface area contributed by atoms with Crippen LogP contribution in [0.3, 0.4) is 0 Å². The van der Waals surface area contributed by atoms with Crippen LogP contribution in [0.1, 0.15) is 0 Å². The molecular weight excluding hydrogens is 192 g/mol. The predicted octanol–water partition coefficient (Wildman–Crippen LogP) is 3.29. The van der Waals surface area contributed by atoms with Crippen molar-refractivity contribution in [3.05, 3.63) is 42.0 Å². The van der Waals surface area contributed by atoms with Gasteiger partial charge in [0, 0.05) is 28.9 Å². The van der Waals surface area contributed by atoms with Crippen molar-refractivity contribution in [2.45, 2.75) is 0 Å². The molecule has 0 aliphatic rings. The summed E-state index contributed by atoms with van der Waals surface area (Å²) in [5.41, 5.74) is 3.58. The zero-order chi connectivity index (χ0) is 9.38. The summed E-state index contributed by atoms with van der Waals surface area (Å²) in [6, 6.07) is 8.47. The summed E-state index contributed by atoms with van der Waals surface area (Å²) in [6.45, 7) is 0. The molecule has 2 heterocycles. The molecule has 3 rings (SSSR count). The third kappa shape index (κ3) is 1.14. The quantitative estimate of drug-likeness (QED) is 0.641. The first kappa shape index (κ1) is 7.76. The Morgan fingerprint density at radius 2 is 2.14 bits per heavy atom. The fourth-order valence-electron chi connectivity index (χ4n) is 1.57. The van der Waals surface area contributed by atoms with Gasteiger partial charge in [-0.1, -0.05) is 12.1 Å². The normalized spacial score (nSPS) is 10.9. The molecule has 0 amide bonds. The number of nitrogens with one attached hydrogen (secondary N) is 1. The van der Waals surface area contributed by atoms with Crippen LogP contribution in [0.2, 0.25) is 0 Å². The maximum Gasteiger partial charge on any atom is 0.0485 e. The molecule has 0 saturated heterocycles. The van der Waals surface area contributed by atoms with Crippen LogP contribution in [0.15, 0.2) is 42.0 Å². The lowest BCUT2D eigenvalue weighted by Gasteiger charge is -1.96. The van der Waals surface area contributed by atoms with Crippen molar-refractivity contribution in [2.75, 3.05) is 0 Å². The molecule has 0 radical (unpaired) electrons. The lowest BCUT2D eigenvalue weighted by molar-refractivity contribution is 1.47. The Labute approximate surface area is 85.4 Å². The first-order chi connectivity index (χ1) is 6.93. The van der Waals surface area contributed by atoms with Crippen LogP contribution in [0, 0.1) is 0 Å². The minimum atomic E-state index is 1.17. The number of H-pyrrole nitrogens is 1. The van der Waals surface area contributed by atoms with Gasteiger partial charge in [0.25, 0.3) is 0 Å². The van der Waals surface area contributed by atoms with Crippen LogP contribution in [-0.2, 0) is 0 Å². The summed E-state index contributed by atoms with van der Waals surface area (Å²) in [5.74, 6) is 0. The minimum absolute atomic E-state index is 1.17. The molecule has 0 aliphatic carbocycles. The van der Waals surface area contributed by atoms with Gasteiger partial charge in [0.05, 0.1) is 0 Å². The average molecular weight is 200 g/mol. The Hall–Kier alpha value is -1.61. The van der Waals surface area contributed by atoms with E-state index in [4.69, 9.17) is 0 Å². The molecule has 1 aromatic carbocycles. The molecule has 3 heteroatoms. The van der Waals surface area contributed by atoms with Crippen LogP contribution < -0.4 is 0 Å². The highest BCUT2D eigenvalue weighted by atomic mass is 32.1. The molecule has 2 nitrogen and oxygen atoms in total. The highest BCUT2D eigenvalue weighted by Gasteiger charge is 2.00. The molecule has 0 saturated carbocycles. The molecule has 14 heavy (non-hydrogen) atoms. The summed E-state index contributed by atoms with van der Waals surface area (Å²) in [4.78, 5) is 3.20. The lowest BCUT2D eigenvalue weighted by Crippen LogP contribution is -1.73. The molecule has 0 spiro atoms. The number of fused-ring (bicyclic) bond motifs is 1. The number of hydrogen-bond donors (Lipinski definition) is 1. The van der Waals surface area contributed by atoms with E-state index in [1.54, 1.807) is 0 Å². The van der Waals surface area contributed by atoms with E-state index in [1.165, 1.54) is 33.6 Å². The van der Waals surface area contributed by atoms with E-state index in [1.807, 2.05) is 12.4 Å². The van der Waals surface area contributed by atoms with Crippen LogP contribution >= 0.6 is 11.5 Å². The second kappa shape index (κ2) is 2.96. The second-order valence-corrected chi connectivity index (χ2v) is 3.85. The summed E-state index contributed by atoms with van der Waals surface area (Å²) < 4.78 is 4.10. The molecule has 0 bridgehead atoms. The summed E-state index contributed by atoms with van der Waals surface area (Å²) in [7, 11) is 0. The van der Waals surface area contributed by atoms with Crippen molar-refractivity contribution < 1.29 is 0 Å². The molecular formula is C11H8N2S. The van der Waals surface area contributed by atoms with Crippen molar-refractivity contribution >= 4 is 22.4 Å². The molecule has 3 aromatic rings. The zero-order valence-electron chi connectivity index (χ0n) is 7.40. The van der Waals surface area contributed by atoms with Gasteiger partial charge in [0.2, 0.25) is 0 Å². The maximum atomic E-state index is 4.10. The summed E-state index contributed by atoms with van der Waals surface area (Å²) in [6.07, 6.45) is 3.86. The van der Waals surface area contributed by atoms with Crippen LogP contribution in [0.5, 0.6) is 0 Å². The van der Waals surface area contributed by atoms with E-state index >= 15 is 0 Å². The largest absolute Gasteiger partial charge is 0.361 e. The first-order valence-electron chi connectivity index (χ1n) is 4.40. The van der Waals surface area contributed by atoms with Crippen LogP contribution in [0.4, 0.5) is 0 Å². The van der Waals surface area contributed by atoms with E-state index in [2.05, 4.69) is 39.0 Å². The van der Waals surface area contributed by atoms with Crippen LogP contribution in [0.25, 0.3) is 22.0 Å². The predicted molar refractivity (Wildman–Crippen MR) is 59.4 cm³/mol. The average Bonchev–Trinajstić information content (AvgIpc) is 2.88. The van der Waals surface area contributed by atoms with Crippen molar-refractivity contribution in [1.82, 2.24) is 9.36 Å². The number of nitrogens with zero attached hydrogens (tertiary/aromatic N) is 1. The monoisotopic (exact) mass is 200 g/mol. The fraction of sp³-hybridized carbons (Fsp3) is 0. The van der Waals surface area contributed by atoms with Gasteiger partial charge < -0.3 is 4.98 Å².